The fourth-order valence-electron chi connectivity index (χ4n) is 4.86. The van der Waals surface area contributed by atoms with E-state index in [-0.39, 0.29) is 23.0 Å². The SMILES string of the molecule is CSN(C)C1CCN(c2ccc(-c3cnc(N)c(-c4ccc5c(c4)CCNC5=O)c3)c(F)c2F)C1. The maximum absolute atomic E-state index is 15.3. The van der Waals surface area contributed by atoms with E-state index in [0.29, 0.717) is 48.8 Å². The van der Waals surface area contributed by atoms with Gasteiger partial charge in [-0.1, -0.05) is 24.1 Å². The van der Waals surface area contributed by atoms with Gasteiger partial charge in [0.2, 0.25) is 0 Å². The molecule has 2 aliphatic rings. The van der Waals surface area contributed by atoms with Crippen molar-refractivity contribution in [2.24, 2.45) is 0 Å². The lowest BCUT2D eigenvalue weighted by atomic mass is 9.94. The minimum absolute atomic E-state index is 0.0975. The van der Waals surface area contributed by atoms with Gasteiger partial charge in [-0.25, -0.2) is 18.1 Å². The van der Waals surface area contributed by atoms with Crippen molar-refractivity contribution in [2.45, 2.75) is 18.9 Å². The maximum atomic E-state index is 15.3. The molecule has 3 aromatic rings. The van der Waals surface area contributed by atoms with Crippen molar-refractivity contribution in [1.29, 1.82) is 0 Å². The van der Waals surface area contributed by atoms with Crippen LogP contribution in [0.2, 0.25) is 0 Å². The number of halogens is 2. The van der Waals surface area contributed by atoms with Crippen molar-refractivity contribution in [2.75, 3.05) is 43.6 Å². The van der Waals surface area contributed by atoms with Gasteiger partial charge in [0.25, 0.3) is 5.91 Å². The Labute approximate surface area is 207 Å². The molecule has 0 aliphatic carbocycles. The number of benzene rings is 2. The van der Waals surface area contributed by atoms with Crippen molar-refractivity contribution < 1.29 is 13.6 Å². The molecule has 1 saturated heterocycles. The van der Waals surface area contributed by atoms with Crippen molar-refractivity contribution in [3.63, 3.8) is 0 Å². The number of nitrogens with zero attached hydrogens (tertiary/aromatic N) is 3. The Hall–Kier alpha value is -3.17. The number of hydrogen-bond donors (Lipinski definition) is 2. The summed E-state index contributed by atoms with van der Waals surface area (Å²) in [5.74, 6) is -1.57. The Kier molecular flexibility index (Phi) is 6.37. The number of nitrogens with two attached hydrogens (primary N) is 1. The van der Waals surface area contributed by atoms with E-state index in [1.807, 2.05) is 24.3 Å². The van der Waals surface area contributed by atoms with Crippen LogP contribution >= 0.6 is 11.9 Å². The highest BCUT2D eigenvalue weighted by atomic mass is 32.2. The average Bonchev–Trinajstić information content (AvgIpc) is 3.36. The third-order valence-corrected chi connectivity index (χ3v) is 7.81. The first-order valence-corrected chi connectivity index (χ1v) is 12.7. The molecule has 1 amide bonds. The first kappa shape index (κ1) is 23.6. The molecule has 3 heterocycles. The molecule has 35 heavy (non-hydrogen) atoms. The Morgan fingerprint density at radius 2 is 1.91 bits per heavy atom. The van der Waals surface area contributed by atoms with Gasteiger partial charge in [0.15, 0.2) is 11.6 Å². The number of hydrogen-bond acceptors (Lipinski definition) is 6. The molecule has 0 spiro atoms. The summed E-state index contributed by atoms with van der Waals surface area (Å²) < 4.78 is 32.7. The molecule has 2 aliphatic heterocycles. The lowest BCUT2D eigenvalue weighted by Gasteiger charge is -2.23. The van der Waals surface area contributed by atoms with Crippen LogP contribution in [0.5, 0.6) is 0 Å². The second-order valence-electron chi connectivity index (χ2n) is 8.91. The second kappa shape index (κ2) is 9.47. The lowest BCUT2D eigenvalue weighted by Crippen LogP contribution is -2.31. The molecular weight excluding hydrogens is 468 g/mol. The van der Waals surface area contributed by atoms with E-state index in [0.717, 1.165) is 17.5 Å². The summed E-state index contributed by atoms with van der Waals surface area (Å²) in [6.45, 7) is 1.90. The highest BCUT2D eigenvalue weighted by molar-refractivity contribution is 7.96. The van der Waals surface area contributed by atoms with Crippen molar-refractivity contribution in [1.82, 2.24) is 14.6 Å². The summed E-state index contributed by atoms with van der Waals surface area (Å²) in [5.41, 5.74) is 9.96. The van der Waals surface area contributed by atoms with Crippen LogP contribution in [0.25, 0.3) is 22.3 Å². The zero-order valence-corrected chi connectivity index (χ0v) is 20.5. The van der Waals surface area contributed by atoms with Crippen molar-refractivity contribution in [3.8, 4) is 22.3 Å². The molecule has 1 atom stereocenters. The van der Waals surface area contributed by atoms with Crippen LogP contribution in [0, 0.1) is 11.6 Å². The number of nitrogen functional groups attached to an aromatic ring is 1. The molecule has 0 bridgehead atoms. The Balaban J connectivity index is 1.47. The van der Waals surface area contributed by atoms with Crippen LogP contribution in [-0.2, 0) is 6.42 Å². The number of likely N-dealkylation sites (N-methyl/N-ethyl adjacent to an activating group) is 1. The topological polar surface area (TPSA) is 74.5 Å². The van der Waals surface area contributed by atoms with Gasteiger partial charge in [-0.3, -0.25) is 4.79 Å². The van der Waals surface area contributed by atoms with E-state index in [9.17, 15) is 4.79 Å². The van der Waals surface area contributed by atoms with Gasteiger partial charge < -0.3 is 16.0 Å². The zero-order valence-electron chi connectivity index (χ0n) is 19.6. The fraction of sp³-hybridized carbons (Fsp3) is 0.308. The van der Waals surface area contributed by atoms with Crippen LogP contribution in [0.4, 0.5) is 20.3 Å². The van der Waals surface area contributed by atoms with E-state index in [4.69, 9.17) is 5.73 Å². The quantitative estimate of drug-likeness (QED) is 0.513. The minimum atomic E-state index is -0.899. The Morgan fingerprint density at radius 3 is 2.71 bits per heavy atom. The summed E-state index contributed by atoms with van der Waals surface area (Å²) in [7, 11) is 2.02. The molecule has 5 rings (SSSR count). The summed E-state index contributed by atoms with van der Waals surface area (Å²) in [5, 5.41) is 2.83. The molecule has 6 nitrogen and oxygen atoms in total. The first-order chi connectivity index (χ1) is 16.9. The van der Waals surface area contributed by atoms with E-state index in [2.05, 4.69) is 14.6 Å². The average molecular weight is 496 g/mol. The van der Waals surface area contributed by atoms with Crippen LogP contribution in [0.1, 0.15) is 22.3 Å². The van der Waals surface area contributed by atoms with Gasteiger partial charge in [0.1, 0.15) is 5.82 Å². The van der Waals surface area contributed by atoms with Crippen LogP contribution in [-0.4, -0.2) is 54.2 Å². The molecule has 0 saturated carbocycles. The fourth-order valence-corrected chi connectivity index (χ4v) is 5.33. The minimum Gasteiger partial charge on any atom is -0.383 e. The largest absolute Gasteiger partial charge is 0.383 e. The zero-order chi connectivity index (χ0) is 24.7. The van der Waals surface area contributed by atoms with Crippen LogP contribution in [0.3, 0.4) is 0 Å². The molecule has 1 fully saturated rings. The van der Waals surface area contributed by atoms with Gasteiger partial charge in [0.05, 0.1) is 5.69 Å². The predicted octanol–water partition coefficient (Wildman–Crippen LogP) is 4.35. The number of carbonyl (C=O) groups is 1. The first-order valence-electron chi connectivity index (χ1n) is 11.5. The molecule has 2 aromatic carbocycles. The van der Waals surface area contributed by atoms with Gasteiger partial charge in [-0.2, -0.15) is 0 Å². The second-order valence-corrected chi connectivity index (χ2v) is 9.85. The van der Waals surface area contributed by atoms with Gasteiger partial charge in [-0.15, -0.1) is 0 Å². The maximum Gasteiger partial charge on any atom is 0.251 e. The van der Waals surface area contributed by atoms with Crippen molar-refractivity contribution in [3.05, 3.63) is 65.4 Å². The smallest absolute Gasteiger partial charge is 0.251 e. The molecule has 1 aromatic heterocycles. The van der Waals surface area contributed by atoms with Gasteiger partial charge in [0, 0.05) is 54.1 Å². The summed E-state index contributed by atoms with van der Waals surface area (Å²) in [6.07, 6.45) is 5.08. The molecule has 3 N–H and O–H groups in total. The van der Waals surface area contributed by atoms with Gasteiger partial charge >= 0.3 is 0 Å². The Morgan fingerprint density at radius 1 is 1.11 bits per heavy atom. The third kappa shape index (κ3) is 4.34. The molecule has 0 radical (unpaired) electrons. The standard InChI is InChI=1S/C26H27F2N5OS/c1-32(35-2)18-8-10-33(14-18)22-6-5-19(23(27)24(22)28)17-12-21(25(29)31-13-17)15-3-4-20-16(11-15)7-9-30-26(20)34/h3-6,11-13,18H,7-10,14H2,1-2H3,(H2,29,31)(H,30,34). The number of nitrogens with one attached hydrogen (secondary N) is 1. The van der Waals surface area contributed by atoms with E-state index < -0.39 is 11.6 Å². The van der Waals surface area contributed by atoms with Gasteiger partial charge in [-0.05, 0) is 61.5 Å². The summed E-state index contributed by atoms with van der Waals surface area (Å²) in [4.78, 5) is 18.2. The number of pyridine rings is 1. The van der Waals surface area contributed by atoms with Crippen molar-refractivity contribution >= 4 is 29.4 Å². The third-order valence-electron chi connectivity index (χ3n) is 6.94. The predicted molar refractivity (Wildman–Crippen MR) is 137 cm³/mol. The van der Waals surface area contributed by atoms with Crippen LogP contribution in [0.15, 0.2) is 42.6 Å². The van der Waals surface area contributed by atoms with E-state index >= 15 is 8.78 Å². The van der Waals surface area contributed by atoms with E-state index in [1.165, 1.54) is 6.20 Å². The summed E-state index contributed by atoms with van der Waals surface area (Å²) in [6, 6.07) is 10.7. The monoisotopic (exact) mass is 495 g/mol. The number of anilines is 2. The van der Waals surface area contributed by atoms with E-state index in [1.54, 1.807) is 42.3 Å². The normalized spacial score (nSPS) is 17.6. The molecule has 182 valence electrons. The highest BCUT2D eigenvalue weighted by Crippen LogP contribution is 2.36. The Bertz CT molecular complexity index is 1300. The number of fused-ring (bicyclic) bond motifs is 1. The molecular formula is C26H27F2N5OS. The highest BCUT2D eigenvalue weighted by Gasteiger charge is 2.29. The summed E-state index contributed by atoms with van der Waals surface area (Å²) >= 11 is 1.64. The van der Waals surface area contributed by atoms with Crippen LogP contribution < -0.4 is 16.0 Å². The number of amides is 1. The molecule has 9 heteroatoms. The lowest BCUT2D eigenvalue weighted by molar-refractivity contribution is 0.0946. The molecule has 1 unspecified atom stereocenters. The number of rotatable bonds is 5. The number of carbonyl (C=O) groups excluding carboxylic acids is 1. The number of aromatic nitrogens is 1.